The first-order valence-electron chi connectivity index (χ1n) is 8.60. The van der Waals surface area contributed by atoms with Gasteiger partial charge in [0.25, 0.3) is 0 Å². The largest absolute Gasteiger partial charge is 0.342 e. The van der Waals surface area contributed by atoms with E-state index in [0.717, 1.165) is 0 Å². The second kappa shape index (κ2) is 8.08. The van der Waals surface area contributed by atoms with Crippen LogP contribution in [0, 0.1) is 17.6 Å². The number of carbonyl (C=O) groups is 2. The number of hydrogen-bond donors (Lipinski definition) is 1. The van der Waals surface area contributed by atoms with Crippen LogP contribution < -0.4 is 5.32 Å². The Bertz CT molecular complexity index is 785. The Morgan fingerprint density at radius 3 is 2.35 bits per heavy atom. The van der Waals surface area contributed by atoms with Crippen molar-refractivity contribution in [2.24, 2.45) is 5.92 Å². The fourth-order valence-electron chi connectivity index (χ4n) is 3.10. The number of benzene rings is 2. The highest BCUT2D eigenvalue weighted by molar-refractivity contribution is 5.92. The van der Waals surface area contributed by atoms with E-state index < -0.39 is 0 Å². The minimum absolute atomic E-state index is 0.0620. The molecule has 1 heterocycles. The number of amides is 2. The minimum Gasteiger partial charge on any atom is -0.342 e. The number of halogens is 2. The Morgan fingerprint density at radius 2 is 1.69 bits per heavy atom. The number of nitrogens with one attached hydrogen (secondary N) is 1. The van der Waals surface area contributed by atoms with Crippen molar-refractivity contribution >= 4 is 17.5 Å². The molecule has 0 unspecified atom stereocenters. The lowest BCUT2D eigenvalue weighted by atomic mass is 9.95. The zero-order valence-corrected chi connectivity index (χ0v) is 14.3. The summed E-state index contributed by atoms with van der Waals surface area (Å²) in [4.78, 5) is 26.4. The normalized spacial score (nSPS) is 14.9. The van der Waals surface area contributed by atoms with Crippen LogP contribution in [0.15, 0.2) is 48.5 Å². The van der Waals surface area contributed by atoms with E-state index in [1.807, 2.05) is 0 Å². The van der Waals surface area contributed by atoms with E-state index in [1.54, 1.807) is 17.0 Å². The molecule has 26 heavy (non-hydrogen) atoms. The number of hydrogen-bond acceptors (Lipinski definition) is 2. The van der Waals surface area contributed by atoms with Gasteiger partial charge in [0, 0.05) is 24.7 Å². The fraction of sp³-hybridized carbons (Fsp3) is 0.300. The van der Waals surface area contributed by atoms with Gasteiger partial charge >= 0.3 is 0 Å². The van der Waals surface area contributed by atoms with E-state index in [4.69, 9.17) is 0 Å². The van der Waals surface area contributed by atoms with Crippen molar-refractivity contribution in [3.63, 3.8) is 0 Å². The lowest BCUT2D eigenvalue weighted by molar-refractivity contribution is -0.133. The van der Waals surface area contributed by atoms with E-state index in [-0.39, 0.29) is 35.8 Å². The smallest absolute Gasteiger partial charge is 0.227 e. The molecule has 1 N–H and O–H groups in total. The second-order valence-electron chi connectivity index (χ2n) is 6.46. The summed E-state index contributed by atoms with van der Waals surface area (Å²) < 4.78 is 26.1. The molecule has 1 fully saturated rings. The minimum atomic E-state index is -0.355. The van der Waals surface area contributed by atoms with Gasteiger partial charge in [-0.3, -0.25) is 9.59 Å². The maximum Gasteiger partial charge on any atom is 0.227 e. The molecule has 0 atom stereocenters. The van der Waals surface area contributed by atoms with Crippen molar-refractivity contribution in [1.29, 1.82) is 0 Å². The van der Waals surface area contributed by atoms with E-state index in [0.29, 0.717) is 37.2 Å². The zero-order chi connectivity index (χ0) is 18.5. The first-order valence-corrected chi connectivity index (χ1v) is 8.60. The summed E-state index contributed by atoms with van der Waals surface area (Å²) in [5.41, 5.74) is 1.20. The third-order valence-electron chi connectivity index (χ3n) is 4.57. The molecule has 1 aliphatic heterocycles. The summed E-state index contributed by atoms with van der Waals surface area (Å²) in [7, 11) is 0. The molecule has 1 aliphatic rings. The predicted octanol–water partition coefficient (Wildman–Crippen LogP) is 3.38. The van der Waals surface area contributed by atoms with Crippen molar-refractivity contribution in [2.45, 2.75) is 19.3 Å². The van der Waals surface area contributed by atoms with Crippen LogP contribution in [0.2, 0.25) is 0 Å². The van der Waals surface area contributed by atoms with Crippen molar-refractivity contribution in [2.75, 3.05) is 18.4 Å². The molecule has 136 valence electrons. The Morgan fingerprint density at radius 1 is 1.00 bits per heavy atom. The highest BCUT2D eigenvalue weighted by atomic mass is 19.1. The number of piperidine rings is 1. The Hall–Kier alpha value is -2.76. The van der Waals surface area contributed by atoms with Crippen molar-refractivity contribution < 1.29 is 18.4 Å². The van der Waals surface area contributed by atoms with Gasteiger partial charge in [-0.1, -0.05) is 12.1 Å². The number of nitrogens with zero attached hydrogens (tertiary/aromatic N) is 1. The molecule has 6 heteroatoms. The summed E-state index contributed by atoms with van der Waals surface area (Å²) in [6, 6.07) is 11.6. The summed E-state index contributed by atoms with van der Waals surface area (Å²) in [6.07, 6.45) is 1.30. The van der Waals surface area contributed by atoms with Gasteiger partial charge in [0.2, 0.25) is 11.8 Å². The van der Waals surface area contributed by atoms with Gasteiger partial charge in [0.1, 0.15) is 11.6 Å². The molecule has 0 bridgehead atoms. The Balaban J connectivity index is 1.49. The fourth-order valence-corrected chi connectivity index (χ4v) is 3.10. The van der Waals surface area contributed by atoms with E-state index >= 15 is 0 Å². The zero-order valence-electron chi connectivity index (χ0n) is 14.3. The summed E-state index contributed by atoms with van der Waals surface area (Å²) in [6.45, 7) is 0.991. The molecule has 0 radical (unpaired) electrons. The molecule has 2 amide bonds. The lowest BCUT2D eigenvalue weighted by Crippen LogP contribution is -2.42. The second-order valence-corrected chi connectivity index (χ2v) is 6.46. The Kier molecular flexibility index (Phi) is 5.61. The summed E-state index contributed by atoms with van der Waals surface area (Å²) >= 11 is 0. The maximum atomic E-state index is 13.2. The quantitative estimate of drug-likeness (QED) is 0.911. The molecule has 0 saturated carbocycles. The molecule has 0 spiro atoms. The molecule has 1 saturated heterocycles. The first-order chi connectivity index (χ1) is 12.5. The summed E-state index contributed by atoms with van der Waals surface area (Å²) in [5, 5.41) is 2.78. The van der Waals surface area contributed by atoms with Crippen LogP contribution >= 0.6 is 0 Å². The van der Waals surface area contributed by atoms with Crippen molar-refractivity contribution in [3.05, 3.63) is 65.7 Å². The molecular weight excluding hydrogens is 338 g/mol. The third-order valence-corrected chi connectivity index (χ3v) is 4.57. The van der Waals surface area contributed by atoms with Gasteiger partial charge in [-0.2, -0.15) is 0 Å². The van der Waals surface area contributed by atoms with Crippen LogP contribution in [0.5, 0.6) is 0 Å². The van der Waals surface area contributed by atoms with Crippen molar-refractivity contribution in [3.8, 4) is 0 Å². The van der Waals surface area contributed by atoms with Gasteiger partial charge in [-0.05, 0) is 54.8 Å². The van der Waals surface area contributed by atoms with Crippen LogP contribution in [0.3, 0.4) is 0 Å². The van der Waals surface area contributed by atoms with E-state index in [9.17, 15) is 18.4 Å². The Labute approximate surface area is 150 Å². The molecular formula is C20H20F2N2O2. The summed E-state index contributed by atoms with van der Waals surface area (Å²) in [5.74, 6) is -1.07. The topological polar surface area (TPSA) is 49.4 Å². The molecule has 0 aliphatic carbocycles. The third kappa shape index (κ3) is 4.65. The van der Waals surface area contributed by atoms with Crippen LogP contribution in [0.1, 0.15) is 18.4 Å². The molecule has 2 aromatic rings. The average molecular weight is 358 g/mol. The molecule has 3 rings (SSSR count). The molecule has 4 nitrogen and oxygen atoms in total. The van der Waals surface area contributed by atoms with Crippen LogP contribution in [-0.2, 0) is 16.0 Å². The number of anilines is 1. The van der Waals surface area contributed by atoms with E-state index in [1.165, 1.54) is 36.4 Å². The van der Waals surface area contributed by atoms with Gasteiger partial charge in [0.05, 0.1) is 6.42 Å². The van der Waals surface area contributed by atoms with Gasteiger partial charge in [-0.15, -0.1) is 0 Å². The molecule has 0 aromatic heterocycles. The SMILES string of the molecule is O=C(Nc1ccc(F)cc1)C1CCN(C(=O)Cc2cccc(F)c2)CC1. The number of rotatable bonds is 4. The maximum absolute atomic E-state index is 13.2. The van der Waals surface area contributed by atoms with Crippen LogP contribution in [-0.4, -0.2) is 29.8 Å². The standard InChI is InChI=1S/C20H20F2N2O2/c21-16-4-6-18(7-5-16)23-20(26)15-8-10-24(11-9-15)19(25)13-14-2-1-3-17(22)12-14/h1-7,12,15H,8-11,13H2,(H,23,26). The van der Waals surface area contributed by atoms with Gasteiger partial charge in [-0.25, -0.2) is 8.78 Å². The monoisotopic (exact) mass is 358 g/mol. The predicted molar refractivity (Wildman–Crippen MR) is 94.4 cm³/mol. The van der Waals surface area contributed by atoms with Crippen molar-refractivity contribution in [1.82, 2.24) is 4.90 Å². The van der Waals surface area contributed by atoms with Gasteiger partial charge < -0.3 is 10.2 Å². The van der Waals surface area contributed by atoms with Crippen LogP contribution in [0.4, 0.5) is 14.5 Å². The highest BCUT2D eigenvalue weighted by Gasteiger charge is 2.27. The van der Waals surface area contributed by atoms with Crippen LogP contribution in [0.25, 0.3) is 0 Å². The highest BCUT2D eigenvalue weighted by Crippen LogP contribution is 2.20. The van der Waals surface area contributed by atoms with Gasteiger partial charge in [0.15, 0.2) is 0 Å². The number of likely N-dealkylation sites (tertiary alicyclic amines) is 1. The average Bonchev–Trinajstić information content (AvgIpc) is 2.64. The lowest BCUT2D eigenvalue weighted by Gasteiger charge is -2.31. The molecule has 2 aromatic carbocycles. The van der Waals surface area contributed by atoms with E-state index in [2.05, 4.69) is 5.32 Å². The number of carbonyl (C=O) groups excluding carboxylic acids is 2. The first kappa shape index (κ1) is 18.0.